The van der Waals surface area contributed by atoms with Gasteiger partial charge in [0, 0.05) is 17.7 Å². The predicted octanol–water partition coefficient (Wildman–Crippen LogP) is 1.42. The summed E-state index contributed by atoms with van der Waals surface area (Å²) in [6, 6.07) is 4.34. The summed E-state index contributed by atoms with van der Waals surface area (Å²) in [4.78, 5) is 13.6. The Labute approximate surface area is 106 Å². The van der Waals surface area contributed by atoms with E-state index in [-0.39, 0.29) is 5.82 Å². The Morgan fingerprint density at radius 2 is 2.06 bits per heavy atom. The van der Waals surface area contributed by atoms with Crippen LogP contribution in [0.5, 0.6) is 0 Å². The highest BCUT2D eigenvalue weighted by Gasteiger charge is 2.14. The summed E-state index contributed by atoms with van der Waals surface area (Å²) in [5.41, 5.74) is 3.00. The van der Waals surface area contributed by atoms with Gasteiger partial charge in [-0.05, 0) is 44.1 Å². The maximum atomic E-state index is 13.7. The van der Waals surface area contributed by atoms with E-state index in [0.29, 0.717) is 17.7 Å². The number of nitrogens with one attached hydrogen (secondary N) is 1. The molecule has 0 unspecified atom stereocenters. The molecule has 1 saturated heterocycles. The van der Waals surface area contributed by atoms with Crippen LogP contribution in [0.15, 0.2) is 18.2 Å². The van der Waals surface area contributed by atoms with Gasteiger partial charge < -0.3 is 0 Å². The molecule has 2 rings (SSSR count). The van der Waals surface area contributed by atoms with Gasteiger partial charge in [0.25, 0.3) is 5.91 Å². The molecule has 0 saturated carbocycles. The number of amides is 1. The van der Waals surface area contributed by atoms with Crippen LogP contribution in [0.1, 0.15) is 35.2 Å². The van der Waals surface area contributed by atoms with Crippen molar-refractivity contribution in [3.8, 4) is 0 Å². The van der Waals surface area contributed by atoms with E-state index in [2.05, 4.69) is 10.3 Å². The Bertz CT molecular complexity index is 430. The summed E-state index contributed by atoms with van der Waals surface area (Å²) >= 11 is 0. The molecule has 1 amide bonds. The first-order valence-electron chi connectivity index (χ1n) is 6.22. The molecule has 0 bridgehead atoms. The van der Waals surface area contributed by atoms with Gasteiger partial charge in [-0.2, -0.15) is 0 Å². The lowest BCUT2D eigenvalue weighted by molar-refractivity contribution is 0.0953. The number of rotatable bonds is 3. The van der Waals surface area contributed by atoms with E-state index in [0.717, 1.165) is 25.9 Å². The number of halogens is 1. The highest BCUT2D eigenvalue weighted by Crippen LogP contribution is 2.16. The van der Waals surface area contributed by atoms with Crippen LogP contribution in [0, 0.1) is 5.82 Å². The van der Waals surface area contributed by atoms with Crippen molar-refractivity contribution in [2.45, 2.75) is 25.8 Å². The van der Waals surface area contributed by atoms with Crippen LogP contribution in [-0.4, -0.2) is 23.9 Å². The second-order valence-corrected chi connectivity index (χ2v) is 4.62. The zero-order chi connectivity index (χ0) is 13.0. The Balaban J connectivity index is 2.12. The fourth-order valence-electron chi connectivity index (χ4n) is 2.28. The van der Waals surface area contributed by atoms with E-state index in [1.807, 2.05) is 0 Å². The number of carbonyl (C=O) groups excluding carboxylic acids is 1. The van der Waals surface area contributed by atoms with Crippen LogP contribution < -0.4 is 11.3 Å². The molecule has 98 valence electrons. The SMILES string of the molecule is NNC(=O)c1ccc(F)c(CN2CCCCC2)c1. The van der Waals surface area contributed by atoms with Gasteiger partial charge in [0.2, 0.25) is 0 Å². The molecule has 0 aromatic heterocycles. The third kappa shape index (κ3) is 3.05. The smallest absolute Gasteiger partial charge is 0.265 e. The van der Waals surface area contributed by atoms with Crippen molar-refractivity contribution in [3.05, 3.63) is 35.1 Å². The molecule has 4 nitrogen and oxygen atoms in total. The molecule has 1 heterocycles. The average molecular weight is 251 g/mol. The van der Waals surface area contributed by atoms with Crippen molar-refractivity contribution < 1.29 is 9.18 Å². The minimum atomic E-state index is -0.394. The first-order chi connectivity index (χ1) is 8.70. The van der Waals surface area contributed by atoms with Gasteiger partial charge in [0.1, 0.15) is 5.82 Å². The van der Waals surface area contributed by atoms with Gasteiger partial charge in [-0.25, -0.2) is 10.2 Å². The van der Waals surface area contributed by atoms with Gasteiger partial charge in [-0.15, -0.1) is 0 Å². The summed E-state index contributed by atoms with van der Waals surface area (Å²) in [5.74, 6) is 4.41. The zero-order valence-electron chi connectivity index (χ0n) is 10.3. The van der Waals surface area contributed by atoms with Gasteiger partial charge in [-0.1, -0.05) is 6.42 Å². The fourth-order valence-corrected chi connectivity index (χ4v) is 2.28. The highest BCUT2D eigenvalue weighted by molar-refractivity contribution is 5.93. The lowest BCUT2D eigenvalue weighted by Gasteiger charge is -2.26. The Hall–Kier alpha value is -1.46. The third-order valence-corrected chi connectivity index (χ3v) is 3.28. The Kier molecular flexibility index (Phi) is 4.28. The number of hydrogen-bond donors (Lipinski definition) is 2. The molecule has 1 aliphatic heterocycles. The predicted molar refractivity (Wildman–Crippen MR) is 67.2 cm³/mol. The molecule has 1 aromatic rings. The summed E-state index contributed by atoms with van der Waals surface area (Å²) in [5, 5.41) is 0. The average Bonchev–Trinajstić information content (AvgIpc) is 2.41. The molecular weight excluding hydrogens is 233 g/mol. The van der Waals surface area contributed by atoms with Crippen LogP contribution in [0.4, 0.5) is 4.39 Å². The van der Waals surface area contributed by atoms with Crippen molar-refractivity contribution in [1.29, 1.82) is 0 Å². The Morgan fingerprint density at radius 3 is 2.72 bits per heavy atom. The second-order valence-electron chi connectivity index (χ2n) is 4.62. The molecule has 3 N–H and O–H groups in total. The lowest BCUT2D eigenvalue weighted by Crippen LogP contribution is -2.31. The summed E-state index contributed by atoms with van der Waals surface area (Å²) in [7, 11) is 0. The van der Waals surface area contributed by atoms with E-state index in [1.165, 1.54) is 18.6 Å². The number of piperidine rings is 1. The number of likely N-dealkylation sites (tertiary alicyclic amines) is 1. The van der Waals surface area contributed by atoms with E-state index >= 15 is 0 Å². The van der Waals surface area contributed by atoms with Crippen molar-refractivity contribution >= 4 is 5.91 Å². The van der Waals surface area contributed by atoms with E-state index in [1.54, 1.807) is 6.07 Å². The molecular formula is C13H18FN3O. The van der Waals surface area contributed by atoms with Crippen molar-refractivity contribution in [2.75, 3.05) is 13.1 Å². The van der Waals surface area contributed by atoms with E-state index in [9.17, 15) is 9.18 Å². The van der Waals surface area contributed by atoms with Crippen LogP contribution in [-0.2, 0) is 6.54 Å². The van der Waals surface area contributed by atoms with Gasteiger partial charge in [-0.3, -0.25) is 15.1 Å². The van der Waals surface area contributed by atoms with E-state index in [4.69, 9.17) is 5.84 Å². The van der Waals surface area contributed by atoms with Crippen molar-refractivity contribution in [3.63, 3.8) is 0 Å². The fraction of sp³-hybridized carbons (Fsp3) is 0.462. The maximum Gasteiger partial charge on any atom is 0.265 e. The topological polar surface area (TPSA) is 58.4 Å². The number of hydrazine groups is 1. The van der Waals surface area contributed by atoms with Crippen LogP contribution in [0.25, 0.3) is 0 Å². The molecule has 0 atom stereocenters. The molecule has 1 aromatic carbocycles. The molecule has 5 heteroatoms. The summed E-state index contributed by atoms with van der Waals surface area (Å²) in [6.07, 6.45) is 3.56. The number of benzene rings is 1. The van der Waals surface area contributed by atoms with Gasteiger partial charge in [0.15, 0.2) is 0 Å². The minimum Gasteiger partial charge on any atom is -0.299 e. The summed E-state index contributed by atoms with van der Waals surface area (Å²) < 4.78 is 13.7. The number of nitrogens with two attached hydrogens (primary N) is 1. The van der Waals surface area contributed by atoms with Gasteiger partial charge >= 0.3 is 0 Å². The highest BCUT2D eigenvalue weighted by atomic mass is 19.1. The Morgan fingerprint density at radius 1 is 1.33 bits per heavy atom. The molecule has 1 aliphatic rings. The zero-order valence-corrected chi connectivity index (χ0v) is 10.3. The molecule has 18 heavy (non-hydrogen) atoms. The largest absolute Gasteiger partial charge is 0.299 e. The normalized spacial score (nSPS) is 16.6. The second kappa shape index (κ2) is 5.93. The maximum absolute atomic E-state index is 13.7. The molecule has 0 radical (unpaired) electrons. The first kappa shape index (κ1) is 13.0. The van der Waals surface area contributed by atoms with Crippen LogP contribution >= 0.6 is 0 Å². The number of nitrogens with zero attached hydrogens (tertiary/aromatic N) is 1. The summed E-state index contributed by atoms with van der Waals surface area (Å²) in [6.45, 7) is 2.54. The standard InChI is InChI=1S/C13H18FN3O/c14-12-5-4-10(13(18)16-15)8-11(12)9-17-6-2-1-3-7-17/h4-5,8H,1-3,6-7,9,15H2,(H,16,18). The molecule has 1 fully saturated rings. The molecule has 0 aliphatic carbocycles. The number of nitrogen functional groups attached to an aromatic ring is 1. The van der Waals surface area contributed by atoms with Crippen molar-refractivity contribution in [1.82, 2.24) is 10.3 Å². The minimum absolute atomic E-state index is 0.269. The van der Waals surface area contributed by atoms with Gasteiger partial charge in [0.05, 0.1) is 0 Å². The number of hydrogen-bond acceptors (Lipinski definition) is 3. The monoisotopic (exact) mass is 251 g/mol. The first-order valence-corrected chi connectivity index (χ1v) is 6.22. The van der Waals surface area contributed by atoms with Crippen LogP contribution in [0.2, 0.25) is 0 Å². The van der Waals surface area contributed by atoms with Crippen molar-refractivity contribution in [2.24, 2.45) is 5.84 Å². The number of carbonyl (C=O) groups is 1. The quantitative estimate of drug-likeness (QED) is 0.485. The lowest BCUT2D eigenvalue weighted by atomic mass is 10.1. The third-order valence-electron chi connectivity index (χ3n) is 3.28. The van der Waals surface area contributed by atoms with Crippen LogP contribution in [0.3, 0.4) is 0 Å². The van der Waals surface area contributed by atoms with E-state index < -0.39 is 5.91 Å². The molecule has 0 spiro atoms.